The monoisotopic (exact) mass is 760 g/mol. The van der Waals surface area contributed by atoms with E-state index in [9.17, 15) is 14.7 Å². The van der Waals surface area contributed by atoms with Crippen LogP contribution < -0.4 is 21.7 Å². The molecule has 5 fully saturated rings. The van der Waals surface area contributed by atoms with Gasteiger partial charge in [0.1, 0.15) is 35.9 Å². The molecule has 0 saturated carbocycles. The van der Waals surface area contributed by atoms with Gasteiger partial charge in [0.15, 0.2) is 0 Å². The van der Waals surface area contributed by atoms with Gasteiger partial charge in [0, 0.05) is 25.0 Å². The summed E-state index contributed by atoms with van der Waals surface area (Å²) in [5.41, 5.74) is 4.38. The van der Waals surface area contributed by atoms with Gasteiger partial charge >= 0.3 is 5.97 Å². The summed E-state index contributed by atoms with van der Waals surface area (Å²) in [5.74, 6) is -0.693. The number of aliphatic hydroxyl groups excluding tert-OH is 1. The molecule has 0 aromatic carbocycles. The van der Waals surface area contributed by atoms with Gasteiger partial charge in [-0.05, 0) is 96.9 Å². The van der Waals surface area contributed by atoms with Gasteiger partial charge in [0.2, 0.25) is 5.91 Å². The van der Waals surface area contributed by atoms with Crippen molar-refractivity contribution in [2.45, 2.75) is 229 Å². The van der Waals surface area contributed by atoms with Gasteiger partial charge in [-0.25, -0.2) is 0 Å². The number of carbonyl (C=O) groups excluding carboxylic acids is 2. The molecule has 0 aromatic heterocycles. The number of hydrogen-bond donors (Lipinski definition) is 5. The fourth-order valence-corrected chi connectivity index (χ4v) is 10.1. The van der Waals surface area contributed by atoms with E-state index in [1.165, 1.54) is 44.9 Å². The Hall–Kier alpha value is -1.60. The highest BCUT2D eigenvalue weighted by Crippen LogP contribution is 2.50. The third-order valence-corrected chi connectivity index (χ3v) is 13.0. The highest BCUT2D eigenvalue weighted by Gasteiger charge is 2.64. The summed E-state index contributed by atoms with van der Waals surface area (Å²) in [7, 11) is 0. The molecule has 5 aliphatic heterocycles. The Morgan fingerprint density at radius 3 is 2.30 bits per heavy atom. The van der Waals surface area contributed by atoms with E-state index < -0.39 is 11.8 Å². The number of nitrogens with two attached hydrogens (primary N) is 1. The van der Waals surface area contributed by atoms with Crippen LogP contribution in [-0.2, 0) is 23.8 Å². The first-order chi connectivity index (χ1) is 26.2. The van der Waals surface area contributed by atoms with E-state index in [-0.39, 0.29) is 54.2 Å². The van der Waals surface area contributed by atoms with E-state index in [1.807, 2.05) is 0 Å². The number of ether oxygens (including phenoxy) is 3. The summed E-state index contributed by atoms with van der Waals surface area (Å²) in [4.78, 5) is 28.8. The Balaban J connectivity index is 1.00. The van der Waals surface area contributed by atoms with Gasteiger partial charge in [-0.2, -0.15) is 0 Å². The second kappa shape index (κ2) is 21.8. The standard InChI is InChI=1S/C43H77N5O6/c1-4-6-21-35-26-28-42(54-35)31-33-24-25-36-38(43(27-18-20-32(3)53-43)47-41(46-42)48(33)36)40(51)52-34(5-2)22-16-14-12-10-8-7-9-11-13-15-17-23-37(49)39(50)45-30-19-29-44/h6,21,32-38,41,46-47,49H,4-5,7-20,22-31,44H2,1-3H3,(H,45,50). The molecular formula is C43H77N5O6. The normalized spacial score (nSPS) is 33.4. The molecule has 0 bridgehead atoms. The predicted octanol–water partition coefficient (Wildman–Crippen LogP) is 6.66. The molecule has 6 N–H and O–H groups in total. The molecule has 11 nitrogen and oxygen atoms in total. The molecular weight excluding hydrogens is 683 g/mol. The Labute approximate surface area is 327 Å². The molecule has 310 valence electrons. The van der Waals surface area contributed by atoms with E-state index in [0.717, 1.165) is 103 Å². The number of allylic oxidation sites excluding steroid dienone is 1. The topological polar surface area (TPSA) is 147 Å². The van der Waals surface area contributed by atoms with Crippen molar-refractivity contribution in [3.8, 4) is 0 Å². The summed E-state index contributed by atoms with van der Waals surface area (Å²) in [6.45, 7) is 7.54. The zero-order chi connectivity index (χ0) is 38.4. The summed E-state index contributed by atoms with van der Waals surface area (Å²) < 4.78 is 20.0. The Kier molecular flexibility index (Phi) is 17.6. The van der Waals surface area contributed by atoms with E-state index >= 15 is 0 Å². The van der Waals surface area contributed by atoms with Crippen LogP contribution in [0, 0.1) is 5.92 Å². The number of unbranched alkanes of at least 4 members (excludes halogenated alkanes) is 10. The first-order valence-corrected chi connectivity index (χ1v) is 22.4. The molecule has 1 amide bonds. The SMILES string of the molecule is CCC=CC1CCC2(CC3CCC4C(C(=O)OC(CC)CCCCCCCCCCCCCC(O)C(=O)NCCCN)C5(CCCC(C)O5)NC(N2)N34)O1. The van der Waals surface area contributed by atoms with Crippen LogP contribution in [-0.4, -0.2) is 89.2 Å². The van der Waals surface area contributed by atoms with Crippen molar-refractivity contribution in [2.75, 3.05) is 13.1 Å². The quantitative estimate of drug-likeness (QED) is 0.0435. The van der Waals surface area contributed by atoms with Crippen LogP contribution in [0.25, 0.3) is 0 Å². The Bertz CT molecular complexity index is 1180. The van der Waals surface area contributed by atoms with Crippen molar-refractivity contribution in [1.29, 1.82) is 0 Å². The number of rotatable bonds is 23. The zero-order valence-corrected chi connectivity index (χ0v) is 34.2. The van der Waals surface area contributed by atoms with Gasteiger partial charge in [-0.3, -0.25) is 25.1 Å². The summed E-state index contributed by atoms with van der Waals surface area (Å²) >= 11 is 0. The van der Waals surface area contributed by atoms with Gasteiger partial charge in [-0.1, -0.05) is 90.2 Å². The lowest BCUT2D eigenvalue weighted by atomic mass is 9.79. The molecule has 54 heavy (non-hydrogen) atoms. The summed E-state index contributed by atoms with van der Waals surface area (Å²) in [6.07, 6.45) is 28.5. The molecule has 5 rings (SSSR count). The van der Waals surface area contributed by atoms with Crippen molar-refractivity contribution < 1.29 is 28.9 Å². The maximum absolute atomic E-state index is 14.4. The van der Waals surface area contributed by atoms with Crippen LogP contribution in [0.4, 0.5) is 0 Å². The van der Waals surface area contributed by atoms with Crippen LogP contribution in [0.2, 0.25) is 0 Å². The second-order valence-corrected chi connectivity index (χ2v) is 17.2. The van der Waals surface area contributed by atoms with E-state index in [4.69, 9.17) is 19.9 Å². The molecule has 11 heteroatoms. The van der Waals surface area contributed by atoms with Crippen molar-refractivity contribution in [1.82, 2.24) is 20.9 Å². The van der Waals surface area contributed by atoms with E-state index in [2.05, 4.69) is 53.8 Å². The highest BCUT2D eigenvalue weighted by atomic mass is 16.6. The van der Waals surface area contributed by atoms with Crippen molar-refractivity contribution in [3.05, 3.63) is 12.2 Å². The minimum Gasteiger partial charge on any atom is -0.462 e. The highest BCUT2D eigenvalue weighted by molar-refractivity contribution is 5.80. The van der Waals surface area contributed by atoms with E-state index in [1.54, 1.807) is 0 Å². The molecule has 10 unspecified atom stereocenters. The van der Waals surface area contributed by atoms with Crippen LogP contribution in [0.5, 0.6) is 0 Å². The first-order valence-electron chi connectivity index (χ1n) is 22.4. The average molecular weight is 760 g/mol. The molecule has 0 radical (unpaired) electrons. The lowest BCUT2D eigenvalue weighted by Gasteiger charge is -2.60. The van der Waals surface area contributed by atoms with Gasteiger partial charge in [-0.15, -0.1) is 0 Å². The number of hydrogen-bond acceptors (Lipinski definition) is 10. The van der Waals surface area contributed by atoms with Crippen molar-refractivity contribution in [2.24, 2.45) is 11.7 Å². The molecule has 2 spiro atoms. The van der Waals surface area contributed by atoms with Crippen LogP contribution >= 0.6 is 0 Å². The zero-order valence-electron chi connectivity index (χ0n) is 34.2. The molecule has 0 aromatic rings. The van der Waals surface area contributed by atoms with Crippen molar-refractivity contribution in [3.63, 3.8) is 0 Å². The average Bonchev–Trinajstić information content (AvgIpc) is 3.75. The number of nitrogens with one attached hydrogen (secondary N) is 3. The first kappa shape index (κ1) is 43.5. The fraction of sp³-hybridized carbons (Fsp3) is 0.907. The van der Waals surface area contributed by atoms with Crippen LogP contribution in [0.15, 0.2) is 12.2 Å². The van der Waals surface area contributed by atoms with Crippen molar-refractivity contribution >= 4 is 11.9 Å². The van der Waals surface area contributed by atoms with Gasteiger partial charge in [0.05, 0.1) is 12.2 Å². The van der Waals surface area contributed by atoms with Crippen LogP contribution in [0.3, 0.4) is 0 Å². The maximum Gasteiger partial charge on any atom is 0.315 e. The fourth-order valence-electron chi connectivity index (χ4n) is 10.1. The van der Waals surface area contributed by atoms with Gasteiger partial charge < -0.3 is 30.4 Å². The lowest BCUT2D eigenvalue weighted by molar-refractivity contribution is -0.252. The number of nitrogens with zero attached hydrogens (tertiary/aromatic N) is 1. The summed E-state index contributed by atoms with van der Waals surface area (Å²) in [5, 5.41) is 20.6. The number of esters is 1. The minimum absolute atomic E-state index is 0.0557. The molecule has 10 atom stereocenters. The third-order valence-electron chi connectivity index (χ3n) is 13.0. The number of amides is 1. The third kappa shape index (κ3) is 11.7. The largest absolute Gasteiger partial charge is 0.462 e. The molecule has 5 saturated heterocycles. The number of carbonyl (C=O) groups is 2. The van der Waals surface area contributed by atoms with E-state index in [0.29, 0.717) is 25.6 Å². The molecule has 5 aliphatic rings. The maximum atomic E-state index is 14.4. The summed E-state index contributed by atoms with van der Waals surface area (Å²) in [6, 6.07) is 0.465. The Morgan fingerprint density at radius 1 is 0.926 bits per heavy atom. The van der Waals surface area contributed by atoms with Crippen LogP contribution in [0.1, 0.15) is 175 Å². The molecule has 5 heterocycles. The smallest absolute Gasteiger partial charge is 0.315 e. The predicted molar refractivity (Wildman–Crippen MR) is 213 cm³/mol. The van der Waals surface area contributed by atoms with Gasteiger partial charge in [0.25, 0.3) is 0 Å². The lowest BCUT2D eigenvalue weighted by Crippen LogP contribution is -2.81. The number of aliphatic hydroxyl groups is 1. The minimum atomic E-state index is -0.901. The molecule has 0 aliphatic carbocycles. The Morgan fingerprint density at radius 2 is 1.63 bits per heavy atom. The second-order valence-electron chi connectivity index (χ2n) is 17.2.